The minimum atomic E-state index is -0.304. The summed E-state index contributed by atoms with van der Waals surface area (Å²) in [5.41, 5.74) is 1.13. The Balaban J connectivity index is 2.31. The Morgan fingerprint density at radius 3 is 2.81 bits per heavy atom. The quantitative estimate of drug-likeness (QED) is 0.769. The van der Waals surface area contributed by atoms with Gasteiger partial charge >= 0.3 is 0 Å². The van der Waals surface area contributed by atoms with Crippen LogP contribution in [0.1, 0.15) is 5.56 Å². The molecular weight excluding hydrogens is 271 g/mol. The van der Waals surface area contributed by atoms with Crippen LogP contribution in [0.4, 0.5) is 10.1 Å². The van der Waals surface area contributed by atoms with Gasteiger partial charge < -0.3 is 0 Å². The molecule has 0 fully saturated rings. The summed E-state index contributed by atoms with van der Waals surface area (Å²) in [6.07, 6.45) is 4.76. The summed E-state index contributed by atoms with van der Waals surface area (Å²) in [4.78, 5) is 8.06. The number of rotatable bonds is 2. The summed E-state index contributed by atoms with van der Waals surface area (Å²) in [5, 5.41) is 0. The predicted octanol–water partition coefficient (Wildman–Crippen LogP) is 3.73. The van der Waals surface area contributed by atoms with Crippen molar-refractivity contribution < 1.29 is 4.39 Å². The lowest BCUT2D eigenvalue weighted by Crippen LogP contribution is -1.89. The van der Waals surface area contributed by atoms with Gasteiger partial charge in [0.1, 0.15) is 5.82 Å². The van der Waals surface area contributed by atoms with Crippen LogP contribution in [0.25, 0.3) is 0 Å². The molecule has 0 amide bonds. The zero-order valence-corrected chi connectivity index (χ0v) is 9.86. The molecule has 0 bridgehead atoms. The zero-order chi connectivity index (χ0) is 11.4. The minimum Gasteiger partial charge on any atom is -0.262 e. The standard InChI is InChI=1S/C12H8BrFN2/c13-11-4-1-5-12(14)10(11)8-16-9-3-2-6-15-7-9/h1-8H. The molecule has 0 unspecified atom stereocenters. The van der Waals surface area contributed by atoms with Gasteiger partial charge in [-0.25, -0.2) is 4.39 Å². The van der Waals surface area contributed by atoms with Gasteiger partial charge in [0.2, 0.25) is 0 Å². The molecule has 0 aliphatic rings. The molecule has 0 N–H and O–H groups in total. The number of hydrogen-bond acceptors (Lipinski definition) is 2. The number of aliphatic imine (C=N–C) groups is 1. The third-order valence-corrected chi connectivity index (χ3v) is 2.68. The van der Waals surface area contributed by atoms with Crippen molar-refractivity contribution in [1.82, 2.24) is 4.98 Å². The first-order chi connectivity index (χ1) is 7.77. The van der Waals surface area contributed by atoms with Gasteiger partial charge in [0.05, 0.1) is 11.9 Å². The second-order valence-electron chi connectivity index (χ2n) is 3.10. The molecule has 1 aromatic heterocycles. The predicted molar refractivity (Wildman–Crippen MR) is 65.6 cm³/mol. The molecule has 0 atom stereocenters. The number of halogens is 2. The second kappa shape index (κ2) is 4.99. The van der Waals surface area contributed by atoms with Gasteiger partial charge in [-0.05, 0) is 24.3 Å². The van der Waals surface area contributed by atoms with Crippen molar-refractivity contribution in [3.05, 3.63) is 58.6 Å². The van der Waals surface area contributed by atoms with Gasteiger partial charge in [0.15, 0.2) is 0 Å². The fourth-order valence-corrected chi connectivity index (χ4v) is 1.65. The summed E-state index contributed by atoms with van der Waals surface area (Å²) in [6.45, 7) is 0. The first-order valence-corrected chi connectivity index (χ1v) is 5.45. The van der Waals surface area contributed by atoms with Crippen LogP contribution < -0.4 is 0 Å². The molecule has 0 saturated heterocycles. The van der Waals surface area contributed by atoms with Crippen molar-refractivity contribution >= 4 is 27.8 Å². The van der Waals surface area contributed by atoms with Gasteiger partial charge in [-0.1, -0.05) is 22.0 Å². The van der Waals surface area contributed by atoms with Crippen LogP contribution in [-0.2, 0) is 0 Å². The van der Waals surface area contributed by atoms with Crippen LogP contribution in [0.3, 0.4) is 0 Å². The van der Waals surface area contributed by atoms with Crippen molar-refractivity contribution in [1.29, 1.82) is 0 Å². The van der Waals surface area contributed by atoms with Gasteiger partial charge in [-0.15, -0.1) is 0 Å². The van der Waals surface area contributed by atoms with E-state index in [-0.39, 0.29) is 5.82 Å². The van der Waals surface area contributed by atoms with E-state index in [0.29, 0.717) is 15.7 Å². The SMILES string of the molecule is Fc1cccc(Br)c1C=Nc1cccnc1. The van der Waals surface area contributed by atoms with Gasteiger partial charge in [0.25, 0.3) is 0 Å². The Labute approximate surface area is 101 Å². The Kier molecular flexibility index (Phi) is 3.41. The van der Waals surface area contributed by atoms with Crippen LogP contribution in [0.2, 0.25) is 0 Å². The highest BCUT2D eigenvalue weighted by Gasteiger charge is 2.02. The molecule has 4 heteroatoms. The smallest absolute Gasteiger partial charge is 0.133 e. The summed E-state index contributed by atoms with van der Waals surface area (Å²) in [5.74, 6) is -0.304. The van der Waals surface area contributed by atoms with Crippen LogP contribution in [0, 0.1) is 5.82 Å². The number of hydrogen-bond donors (Lipinski definition) is 0. The lowest BCUT2D eigenvalue weighted by atomic mass is 10.2. The van der Waals surface area contributed by atoms with Crippen LogP contribution in [-0.4, -0.2) is 11.2 Å². The maximum Gasteiger partial charge on any atom is 0.133 e. The van der Waals surface area contributed by atoms with E-state index < -0.39 is 0 Å². The summed E-state index contributed by atoms with van der Waals surface area (Å²) < 4.78 is 14.1. The molecule has 16 heavy (non-hydrogen) atoms. The number of aromatic nitrogens is 1. The van der Waals surface area contributed by atoms with E-state index in [1.54, 1.807) is 36.7 Å². The van der Waals surface area contributed by atoms with Gasteiger partial charge in [-0.3, -0.25) is 9.98 Å². The topological polar surface area (TPSA) is 25.2 Å². The zero-order valence-electron chi connectivity index (χ0n) is 8.27. The third kappa shape index (κ3) is 2.52. The fourth-order valence-electron chi connectivity index (χ4n) is 1.20. The first-order valence-electron chi connectivity index (χ1n) is 4.65. The maximum absolute atomic E-state index is 13.4. The number of benzene rings is 1. The van der Waals surface area contributed by atoms with Crippen molar-refractivity contribution in [3.8, 4) is 0 Å². The lowest BCUT2D eigenvalue weighted by molar-refractivity contribution is 0.625. The third-order valence-electron chi connectivity index (χ3n) is 1.99. The fraction of sp³-hybridized carbons (Fsp3) is 0. The van der Waals surface area contributed by atoms with Crippen molar-refractivity contribution in [2.24, 2.45) is 4.99 Å². The maximum atomic E-state index is 13.4. The average molecular weight is 279 g/mol. The highest BCUT2D eigenvalue weighted by Crippen LogP contribution is 2.18. The van der Waals surface area contributed by atoms with E-state index in [4.69, 9.17) is 0 Å². The van der Waals surface area contributed by atoms with E-state index in [1.165, 1.54) is 12.3 Å². The molecule has 1 aromatic carbocycles. The Morgan fingerprint density at radius 1 is 1.25 bits per heavy atom. The normalized spacial score (nSPS) is 10.9. The molecule has 1 heterocycles. The van der Waals surface area contributed by atoms with Crippen LogP contribution in [0.15, 0.2) is 52.2 Å². The summed E-state index contributed by atoms with van der Waals surface area (Å²) in [6, 6.07) is 8.39. The van der Waals surface area contributed by atoms with Gasteiger partial charge in [0, 0.05) is 22.4 Å². The second-order valence-corrected chi connectivity index (χ2v) is 3.96. The first kappa shape index (κ1) is 11.0. The highest BCUT2D eigenvalue weighted by atomic mass is 79.9. The summed E-state index contributed by atoms with van der Waals surface area (Å²) >= 11 is 3.27. The Bertz CT molecular complexity index is 491. The molecule has 2 aromatic rings. The van der Waals surface area contributed by atoms with E-state index in [0.717, 1.165) is 0 Å². The van der Waals surface area contributed by atoms with Crippen LogP contribution in [0.5, 0.6) is 0 Å². The molecule has 0 radical (unpaired) electrons. The monoisotopic (exact) mass is 278 g/mol. The van der Waals surface area contributed by atoms with Crippen molar-refractivity contribution in [2.75, 3.05) is 0 Å². The van der Waals surface area contributed by atoms with E-state index >= 15 is 0 Å². The highest BCUT2D eigenvalue weighted by molar-refractivity contribution is 9.10. The Morgan fingerprint density at radius 2 is 2.12 bits per heavy atom. The largest absolute Gasteiger partial charge is 0.262 e. The van der Waals surface area contributed by atoms with E-state index in [1.807, 2.05) is 0 Å². The van der Waals surface area contributed by atoms with Crippen molar-refractivity contribution in [2.45, 2.75) is 0 Å². The lowest BCUT2D eigenvalue weighted by Gasteiger charge is -1.99. The van der Waals surface area contributed by atoms with E-state index in [2.05, 4.69) is 25.9 Å². The number of pyridine rings is 1. The molecule has 2 rings (SSSR count). The summed E-state index contributed by atoms with van der Waals surface area (Å²) in [7, 11) is 0. The van der Waals surface area contributed by atoms with E-state index in [9.17, 15) is 4.39 Å². The van der Waals surface area contributed by atoms with Crippen LogP contribution >= 0.6 is 15.9 Å². The minimum absolute atomic E-state index is 0.304. The number of nitrogens with zero attached hydrogens (tertiary/aromatic N) is 2. The molecule has 0 aliphatic carbocycles. The van der Waals surface area contributed by atoms with Crippen molar-refractivity contribution in [3.63, 3.8) is 0 Å². The van der Waals surface area contributed by atoms with Gasteiger partial charge in [-0.2, -0.15) is 0 Å². The molecule has 0 saturated carbocycles. The molecular formula is C12H8BrFN2. The molecule has 2 nitrogen and oxygen atoms in total. The average Bonchev–Trinajstić information content (AvgIpc) is 2.30. The Hall–Kier alpha value is -1.55. The molecule has 0 aliphatic heterocycles. The molecule has 0 spiro atoms. The molecule has 80 valence electrons.